The van der Waals surface area contributed by atoms with Crippen LogP contribution in [0.1, 0.15) is 25.7 Å². The molecule has 1 aromatic rings. The van der Waals surface area contributed by atoms with E-state index < -0.39 is 0 Å². The molecule has 0 N–H and O–H groups in total. The smallest absolute Gasteiger partial charge is 0.137 e. The quantitative estimate of drug-likeness (QED) is 0.830. The van der Waals surface area contributed by atoms with Crippen LogP contribution < -0.4 is 4.74 Å². The minimum atomic E-state index is 0. The van der Waals surface area contributed by atoms with Crippen LogP contribution in [0.5, 0.6) is 5.75 Å². The molecule has 2 nitrogen and oxygen atoms in total. The second kappa shape index (κ2) is 8.63. The molecule has 4 heteroatoms. The third kappa shape index (κ3) is 5.05. The first kappa shape index (κ1) is 15.6. The number of hydrogen-bond donors (Lipinski definition) is 0. The van der Waals surface area contributed by atoms with E-state index in [-0.39, 0.29) is 12.4 Å². The number of halogens is 2. The van der Waals surface area contributed by atoms with Gasteiger partial charge in [0.15, 0.2) is 0 Å². The van der Waals surface area contributed by atoms with Gasteiger partial charge in [-0.15, -0.1) is 12.4 Å². The van der Waals surface area contributed by atoms with Gasteiger partial charge in [0.05, 0.1) is 5.02 Å². The average molecular weight is 290 g/mol. The van der Waals surface area contributed by atoms with Gasteiger partial charge in [-0.25, -0.2) is 0 Å². The van der Waals surface area contributed by atoms with E-state index in [1.165, 1.54) is 38.8 Å². The average Bonchev–Trinajstić information content (AvgIpc) is 2.60. The van der Waals surface area contributed by atoms with Gasteiger partial charge in [-0.3, -0.25) is 4.90 Å². The summed E-state index contributed by atoms with van der Waals surface area (Å²) in [6, 6.07) is 7.66. The van der Waals surface area contributed by atoms with E-state index in [4.69, 9.17) is 16.3 Å². The summed E-state index contributed by atoms with van der Waals surface area (Å²) in [5.41, 5.74) is 0. The summed E-state index contributed by atoms with van der Waals surface area (Å²) in [6.45, 7) is 4.16. The first-order valence-electron chi connectivity index (χ1n) is 6.46. The summed E-state index contributed by atoms with van der Waals surface area (Å²) < 4.78 is 5.71. The van der Waals surface area contributed by atoms with Crippen LogP contribution in [0.2, 0.25) is 5.02 Å². The van der Waals surface area contributed by atoms with Crippen molar-refractivity contribution >= 4 is 24.0 Å². The van der Waals surface area contributed by atoms with Crippen molar-refractivity contribution in [2.45, 2.75) is 25.7 Å². The van der Waals surface area contributed by atoms with Gasteiger partial charge in [0, 0.05) is 6.54 Å². The summed E-state index contributed by atoms with van der Waals surface area (Å²) >= 11 is 6.03. The Labute approximate surface area is 121 Å². The molecule has 0 amide bonds. The zero-order valence-electron chi connectivity index (χ0n) is 10.6. The van der Waals surface area contributed by atoms with Gasteiger partial charge in [0.25, 0.3) is 0 Å². The zero-order chi connectivity index (χ0) is 11.9. The molecule has 0 aromatic heterocycles. The van der Waals surface area contributed by atoms with Crippen molar-refractivity contribution in [1.82, 2.24) is 4.90 Å². The summed E-state index contributed by atoms with van der Waals surface area (Å²) in [6.07, 6.45) is 5.40. The van der Waals surface area contributed by atoms with Gasteiger partial charge < -0.3 is 4.74 Å². The molecular formula is C14H21Cl2NO. The lowest BCUT2D eigenvalue weighted by Crippen LogP contribution is -2.29. The number of nitrogens with zero attached hydrogens (tertiary/aromatic N) is 1. The molecule has 0 aliphatic carbocycles. The second-order valence-electron chi connectivity index (χ2n) is 4.53. The van der Waals surface area contributed by atoms with Crippen molar-refractivity contribution < 1.29 is 4.74 Å². The van der Waals surface area contributed by atoms with Crippen molar-refractivity contribution in [2.75, 3.05) is 26.2 Å². The molecule has 18 heavy (non-hydrogen) atoms. The Bertz CT molecular complexity index is 338. The predicted octanol–water partition coefficient (Wildman–Crippen LogP) is 4.02. The van der Waals surface area contributed by atoms with Crippen LogP contribution >= 0.6 is 24.0 Å². The minimum absolute atomic E-state index is 0. The van der Waals surface area contributed by atoms with Gasteiger partial charge >= 0.3 is 0 Å². The molecule has 1 aromatic carbocycles. The highest BCUT2D eigenvalue weighted by Gasteiger charge is 2.08. The van der Waals surface area contributed by atoms with E-state index in [9.17, 15) is 0 Å². The number of para-hydroxylation sites is 1. The third-order valence-electron chi connectivity index (χ3n) is 3.20. The number of likely N-dealkylation sites (tertiary alicyclic amines) is 1. The highest BCUT2D eigenvalue weighted by atomic mass is 35.5. The van der Waals surface area contributed by atoms with E-state index in [2.05, 4.69) is 4.90 Å². The first-order chi connectivity index (χ1) is 8.36. The van der Waals surface area contributed by atoms with E-state index in [0.29, 0.717) is 5.02 Å². The molecule has 0 unspecified atom stereocenters. The van der Waals surface area contributed by atoms with Gasteiger partial charge in [-0.1, -0.05) is 36.6 Å². The fraction of sp³-hybridized carbons (Fsp3) is 0.571. The normalized spacial score (nSPS) is 16.7. The first-order valence-corrected chi connectivity index (χ1v) is 6.84. The van der Waals surface area contributed by atoms with Crippen molar-refractivity contribution in [2.24, 2.45) is 0 Å². The Morgan fingerprint density at radius 3 is 2.39 bits per heavy atom. The fourth-order valence-corrected chi connectivity index (χ4v) is 2.40. The Hall–Kier alpha value is -0.440. The zero-order valence-corrected chi connectivity index (χ0v) is 12.2. The van der Waals surface area contributed by atoms with E-state index in [0.717, 1.165) is 18.9 Å². The maximum absolute atomic E-state index is 6.03. The summed E-state index contributed by atoms with van der Waals surface area (Å²) in [5.74, 6) is 0.795. The molecule has 0 spiro atoms. The summed E-state index contributed by atoms with van der Waals surface area (Å²) in [7, 11) is 0. The Kier molecular flexibility index (Phi) is 7.48. The molecule has 1 heterocycles. The Morgan fingerprint density at radius 2 is 1.72 bits per heavy atom. The van der Waals surface area contributed by atoms with E-state index >= 15 is 0 Å². The van der Waals surface area contributed by atoms with Crippen LogP contribution in [0.3, 0.4) is 0 Å². The molecule has 2 rings (SSSR count). The topological polar surface area (TPSA) is 12.5 Å². The molecule has 1 aliphatic rings. The lowest BCUT2D eigenvalue weighted by molar-refractivity contribution is 0.214. The fourth-order valence-electron chi connectivity index (χ4n) is 2.21. The van der Waals surface area contributed by atoms with Gasteiger partial charge in [0.2, 0.25) is 0 Å². The largest absolute Gasteiger partial charge is 0.491 e. The van der Waals surface area contributed by atoms with Crippen LogP contribution in [0.4, 0.5) is 0 Å². The molecule has 102 valence electrons. The lowest BCUT2D eigenvalue weighted by Gasteiger charge is -2.19. The number of benzene rings is 1. The van der Waals surface area contributed by atoms with Crippen LogP contribution in [0.15, 0.2) is 24.3 Å². The number of rotatable bonds is 4. The van der Waals surface area contributed by atoms with Crippen molar-refractivity contribution in [3.8, 4) is 5.75 Å². The van der Waals surface area contributed by atoms with Gasteiger partial charge in [0.1, 0.15) is 12.4 Å². The van der Waals surface area contributed by atoms with Crippen molar-refractivity contribution in [1.29, 1.82) is 0 Å². The minimum Gasteiger partial charge on any atom is -0.491 e. The molecule has 1 saturated heterocycles. The van der Waals surface area contributed by atoms with Crippen LogP contribution in [0.25, 0.3) is 0 Å². The Morgan fingerprint density at radius 1 is 1.06 bits per heavy atom. The van der Waals surface area contributed by atoms with Crippen molar-refractivity contribution in [3.05, 3.63) is 29.3 Å². The highest BCUT2D eigenvalue weighted by molar-refractivity contribution is 6.32. The SMILES string of the molecule is Cl.Clc1ccccc1OCCN1CCCCCC1. The number of ether oxygens (including phenoxy) is 1. The highest BCUT2D eigenvalue weighted by Crippen LogP contribution is 2.22. The maximum atomic E-state index is 6.03. The van der Waals surface area contributed by atoms with Crippen molar-refractivity contribution in [3.63, 3.8) is 0 Å². The maximum Gasteiger partial charge on any atom is 0.137 e. The summed E-state index contributed by atoms with van der Waals surface area (Å²) in [5, 5.41) is 0.698. The second-order valence-corrected chi connectivity index (χ2v) is 4.94. The lowest BCUT2D eigenvalue weighted by atomic mass is 10.2. The standard InChI is InChI=1S/C14H20ClNO.ClH/c15-13-7-3-4-8-14(13)17-12-11-16-9-5-1-2-6-10-16;/h3-4,7-8H,1-2,5-6,9-12H2;1H. The predicted molar refractivity (Wildman–Crippen MR) is 79.1 cm³/mol. The number of hydrogen-bond acceptors (Lipinski definition) is 2. The molecule has 0 radical (unpaired) electrons. The van der Waals surface area contributed by atoms with Crippen LogP contribution in [0, 0.1) is 0 Å². The van der Waals surface area contributed by atoms with Gasteiger partial charge in [-0.05, 0) is 38.1 Å². The molecule has 0 atom stereocenters. The molecule has 0 saturated carbocycles. The molecular weight excluding hydrogens is 269 g/mol. The van der Waals surface area contributed by atoms with E-state index in [1.807, 2.05) is 24.3 Å². The molecule has 0 bridgehead atoms. The monoisotopic (exact) mass is 289 g/mol. The Balaban J connectivity index is 0.00000162. The van der Waals surface area contributed by atoms with Crippen LogP contribution in [-0.4, -0.2) is 31.1 Å². The van der Waals surface area contributed by atoms with Crippen LogP contribution in [-0.2, 0) is 0 Å². The summed E-state index contributed by atoms with van der Waals surface area (Å²) in [4.78, 5) is 2.49. The van der Waals surface area contributed by atoms with Gasteiger partial charge in [-0.2, -0.15) is 0 Å². The third-order valence-corrected chi connectivity index (χ3v) is 3.51. The van der Waals surface area contributed by atoms with E-state index in [1.54, 1.807) is 0 Å². The molecule has 1 aliphatic heterocycles. The molecule has 1 fully saturated rings.